The number of benzene rings is 1. The van der Waals surface area contributed by atoms with Crippen LogP contribution < -0.4 is 10.5 Å². The standard InChI is InChI=1S/C21H21N5O/c22-21-19(7-4-10-23-21)18-12-25-26(14-18)13-17-8-9-20(24-11-17)27-15-16-5-2-1-3-6-16/h1-12,18H,13-15H2,(H2,22,23). The highest BCUT2D eigenvalue weighted by atomic mass is 16.5. The fourth-order valence-electron chi connectivity index (χ4n) is 3.06. The fraction of sp³-hybridized carbons (Fsp3) is 0.190. The Morgan fingerprint density at radius 2 is 1.89 bits per heavy atom. The predicted molar refractivity (Wildman–Crippen MR) is 105 cm³/mol. The SMILES string of the molecule is Nc1ncccc1C1C=NN(Cc2ccc(OCc3ccccc3)nc2)C1. The Balaban J connectivity index is 1.31. The summed E-state index contributed by atoms with van der Waals surface area (Å²) in [5.41, 5.74) is 9.19. The number of anilines is 1. The summed E-state index contributed by atoms with van der Waals surface area (Å²) in [5.74, 6) is 1.35. The smallest absolute Gasteiger partial charge is 0.213 e. The van der Waals surface area contributed by atoms with Crippen molar-refractivity contribution in [2.45, 2.75) is 19.1 Å². The van der Waals surface area contributed by atoms with Crippen molar-refractivity contribution in [3.63, 3.8) is 0 Å². The molecule has 1 unspecified atom stereocenters. The lowest BCUT2D eigenvalue weighted by Crippen LogP contribution is -2.18. The highest BCUT2D eigenvalue weighted by Gasteiger charge is 2.21. The lowest BCUT2D eigenvalue weighted by atomic mass is 10.0. The summed E-state index contributed by atoms with van der Waals surface area (Å²) in [4.78, 5) is 8.55. The molecular weight excluding hydrogens is 338 g/mol. The van der Waals surface area contributed by atoms with Crippen molar-refractivity contribution in [2.24, 2.45) is 5.10 Å². The maximum atomic E-state index is 5.97. The number of rotatable bonds is 6. The van der Waals surface area contributed by atoms with E-state index in [0.29, 0.717) is 24.8 Å². The molecule has 6 nitrogen and oxygen atoms in total. The van der Waals surface area contributed by atoms with Crippen LogP contribution >= 0.6 is 0 Å². The van der Waals surface area contributed by atoms with Crippen LogP contribution in [0, 0.1) is 0 Å². The first-order valence-corrected chi connectivity index (χ1v) is 8.89. The molecule has 1 aliphatic rings. The summed E-state index contributed by atoms with van der Waals surface area (Å²) >= 11 is 0. The Morgan fingerprint density at radius 3 is 2.67 bits per heavy atom. The van der Waals surface area contributed by atoms with Gasteiger partial charge >= 0.3 is 0 Å². The van der Waals surface area contributed by atoms with Gasteiger partial charge in [-0.2, -0.15) is 5.10 Å². The third-order valence-corrected chi connectivity index (χ3v) is 4.48. The summed E-state index contributed by atoms with van der Waals surface area (Å²) < 4.78 is 5.73. The maximum absolute atomic E-state index is 5.97. The fourth-order valence-corrected chi connectivity index (χ4v) is 3.06. The molecule has 1 aromatic carbocycles. The van der Waals surface area contributed by atoms with E-state index in [2.05, 4.69) is 15.1 Å². The average molecular weight is 359 g/mol. The van der Waals surface area contributed by atoms with Crippen LogP contribution in [0.1, 0.15) is 22.6 Å². The normalized spacial score (nSPS) is 15.9. The molecule has 136 valence electrons. The van der Waals surface area contributed by atoms with Crippen LogP contribution in [-0.2, 0) is 13.2 Å². The summed E-state index contributed by atoms with van der Waals surface area (Å²) in [6, 6.07) is 17.9. The lowest BCUT2D eigenvalue weighted by molar-refractivity contribution is 0.290. The van der Waals surface area contributed by atoms with Gasteiger partial charge in [-0.1, -0.05) is 42.5 Å². The van der Waals surface area contributed by atoms with Gasteiger partial charge in [-0.15, -0.1) is 0 Å². The van der Waals surface area contributed by atoms with Gasteiger partial charge in [-0.3, -0.25) is 5.01 Å². The zero-order valence-corrected chi connectivity index (χ0v) is 14.9. The molecule has 0 saturated carbocycles. The third-order valence-electron chi connectivity index (χ3n) is 4.48. The molecule has 0 bridgehead atoms. The van der Waals surface area contributed by atoms with Crippen molar-refractivity contribution in [1.29, 1.82) is 0 Å². The number of aromatic nitrogens is 2. The Bertz CT molecular complexity index is 911. The van der Waals surface area contributed by atoms with Crippen LogP contribution in [0.2, 0.25) is 0 Å². The second-order valence-corrected chi connectivity index (χ2v) is 6.48. The number of hydrogen-bond acceptors (Lipinski definition) is 6. The summed E-state index contributed by atoms with van der Waals surface area (Å²) in [7, 11) is 0. The van der Waals surface area contributed by atoms with E-state index < -0.39 is 0 Å². The molecule has 0 radical (unpaired) electrons. The van der Waals surface area contributed by atoms with Crippen molar-refractivity contribution < 1.29 is 4.74 Å². The molecule has 3 heterocycles. The van der Waals surface area contributed by atoms with Crippen LogP contribution in [0.15, 0.2) is 72.1 Å². The van der Waals surface area contributed by atoms with Crippen molar-refractivity contribution in [2.75, 3.05) is 12.3 Å². The number of hydrazone groups is 1. The van der Waals surface area contributed by atoms with Gasteiger partial charge in [-0.25, -0.2) is 9.97 Å². The number of nitrogen functional groups attached to an aromatic ring is 1. The molecular formula is C21H21N5O. The van der Waals surface area contributed by atoms with Gasteiger partial charge < -0.3 is 10.5 Å². The Kier molecular flexibility index (Phi) is 4.96. The highest BCUT2D eigenvalue weighted by molar-refractivity contribution is 5.72. The lowest BCUT2D eigenvalue weighted by Gasteiger charge is -2.16. The molecule has 1 aliphatic heterocycles. The van der Waals surface area contributed by atoms with Crippen molar-refractivity contribution in [1.82, 2.24) is 15.0 Å². The average Bonchev–Trinajstić information content (AvgIpc) is 3.17. The molecule has 0 spiro atoms. The quantitative estimate of drug-likeness (QED) is 0.731. The molecule has 4 rings (SSSR count). The monoisotopic (exact) mass is 359 g/mol. The second kappa shape index (κ2) is 7.86. The van der Waals surface area contributed by atoms with E-state index in [0.717, 1.165) is 23.2 Å². The first-order chi connectivity index (χ1) is 13.3. The number of nitrogens with zero attached hydrogens (tertiary/aromatic N) is 4. The molecule has 2 aromatic heterocycles. The van der Waals surface area contributed by atoms with E-state index in [1.54, 1.807) is 6.20 Å². The topological polar surface area (TPSA) is 76.6 Å². The molecule has 3 aromatic rings. The minimum Gasteiger partial charge on any atom is -0.473 e. The number of pyridine rings is 2. The minimum absolute atomic E-state index is 0.167. The highest BCUT2D eigenvalue weighted by Crippen LogP contribution is 2.25. The Morgan fingerprint density at radius 1 is 1.00 bits per heavy atom. The van der Waals surface area contributed by atoms with Crippen molar-refractivity contribution in [3.8, 4) is 5.88 Å². The number of hydrogen-bond donors (Lipinski definition) is 1. The van der Waals surface area contributed by atoms with Crippen molar-refractivity contribution in [3.05, 3.63) is 83.7 Å². The van der Waals surface area contributed by atoms with Gasteiger partial charge in [0.25, 0.3) is 0 Å². The Hall–Kier alpha value is -3.41. The van der Waals surface area contributed by atoms with Gasteiger partial charge in [-0.05, 0) is 17.2 Å². The third kappa shape index (κ3) is 4.23. The summed E-state index contributed by atoms with van der Waals surface area (Å²) in [5, 5.41) is 6.51. The molecule has 0 fully saturated rings. The van der Waals surface area contributed by atoms with Gasteiger partial charge in [0.15, 0.2) is 0 Å². The molecule has 0 amide bonds. The van der Waals surface area contributed by atoms with E-state index in [1.807, 2.05) is 72.0 Å². The first-order valence-electron chi connectivity index (χ1n) is 8.89. The van der Waals surface area contributed by atoms with Crippen LogP contribution in [0.5, 0.6) is 5.88 Å². The first kappa shape index (κ1) is 17.0. The zero-order valence-electron chi connectivity index (χ0n) is 14.9. The van der Waals surface area contributed by atoms with Gasteiger partial charge in [0.05, 0.1) is 6.54 Å². The van der Waals surface area contributed by atoms with Gasteiger partial charge in [0.2, 0.25) is 5.88 Å². The van der Waals surface area contributed by atoms with E-state index >= 15 is 0 Å². The zero-order chi connectivity index (χ0) is 18.5. The minimum atomic E-state index is 0.167. The van der Waals surface area contributed by atoms with Crippen LogP contribution in [0.3, 0.4) is 0 Å². The summed E-state index contributed by atoms with van der Waals surface area (Å²) in [6.07, 6.45) is 5.47. The Labute approximate surface area is 158 Å². The van der Waals surface area contributed by atoms with E-state index in [4.69, 9.17) is 10.5 Å². The summed E-state index contributed by atoms with van der Waals surface area (Å²) in [6.45, 7) is 1.99. The van der Waals surface area contributed by atoms with E-state index in [-0.39, 0.29) is 5.92 Å². The molecule has 1 atom stereocenters. The molecule has 6 heteroatoms. The van der Waals surface area contributed by atoms with E-state index in [9.17, 15) is 0 Å². The second-order valence-electron chi connectivity index (χ2n) is 6.48. The molecule has 27 heavy (non-hydrogen) atoms. The van der Waals surface area contributed by atoms with Gasteiger partial charge in [0.1, 0.15) is 12.4 Å². The largest absolute Gasteiger partial charge is 0.473 e. The maximum Gasteiger partial charge on any atom is 0.213 e. The molecule has 2 N–H and O–H groups in total. The number of nitrogens with two attached hydrogens (primary N) is 1. The predicted octanol–water partition coefficient (Wildman–Crippen LogP) is 3.22. The molecule has 0 aliphatic carbocycles. The van der Waals surface area contributed by atoms with E-state index in [1.165, 1.54) is 0 Å². The van der Waals surface area contributed by atoms with Crippen LogP contribution in [-0.4, -0.2) is 27.7 Å². The molecule has 0 saturated heterocycles. The van der Waals surface area contributed by atoms with Crippen LogP contribution in [0.25, 0.3) is 0 Å². The van der Waals surface area contributed by atoms with Crippen LogP contribution in [0.4, 0.5) is 5.82 Å². The number of ether oxygens (including phenoxy) is 1. The van der Waals surface area contributed by atoms with Crippen molar-refractivity contribution >= 4 is 12.0 Å². The van der Waals surface area contributed by atoms with Gasteiger partial charge in [0, 0.05) is 42.7 Å².